The number of aromatic amines is 1. The van der Waals surface area contributed by atoms with Crippen molar-refractivity contribution in [2.75, 3.05) is 20.2 Å². The summed E-state index contributed by atoms with van der Waals surface area (Å²) in [6.45, 7) is 3.10. The fourth-order valence-corrected chi connectivity index (χ4v) is 3.85. The number of carbonyl (C=O) groups is 2. The van der Waals surface area contributed by atoms with Gasteiger partial charge in [0, 0.05) is 30.8 Å². The van der Waals surface area contributed by atoms with Gasteiger partial charge in [0.1, 0.15) is 5.82 Å². The number of nitrogens with one attached hydrogen (secondary N) is 2. The SMILES string of the molecule is CCC(NC(=O)c1ccc(C(=O)N2CC=CC2)c(Cl)c1)c1nc2ccc(Cl)cc2[nH]1.CO. The molecule has 7 nitrogen and oxygen atoms in total. The Kier molecular flexibility index (Phi) is 7.90. The highest BCUT2D eigenvalue weighted by atomic mass is 35.5. The van der Waals surface area contributed by atoms with Crippen LogP contribution in [0, 0.1) is 0 Å². The van der Waals surface area contributed by atoms with Crippen molar-refractivity contribution in [1.29, 1.82) is 0 Å². The molecule has 1 unspecified atom stereocenters. The van der Waals surface area contributed by atoms with Gasteiger partial charge in [0.25, 0.3) is 11.8 Å². The summed E-state index contributed by atoms with van der Waals surface area (Å²) in [6.07, 6.45) is 4.51. The number of carbonyl (C=O) groups excluding carboxylic acids is 2. The lowest BCUT2D eigenvalue weighted by molar-refractivity contribution is 0.0799. The number of imidazole rings is 1. The maximum absolute atomic E-state index is 12.8. The molecule has 1 atom stereocenters. The molecule has 0 aliphatic carbocycles. The van der Waals surface area contributed by atoms with Crippen molar-refractivity contribution in [2.45, 2.75) is 19.4 Å². The lowest BCUT2D eigenvalue weighted by Crippen LogP contribution is -2.30. The van der Waals surface area contributed by atoms with E-state index in [0.717, 1.165) is 18.1 Å². The van der Waals surface area contributed by atoms with Gasteiger partial charge in [0.15, 0.2) is 0 Å². The predicted octanol–water partition coefficient (Wildman–Crippen LogP) is 4.37. The van der Waals surface area contributed by atoms with E-state index >= 15 is 0 Å². The summed E-state index contributed by atoms with van der Waals surface area (Å²) in [5.74, 6) is 0.218. The zero-order valence-corrected chi connectivity index (χ0v) is 19.2. The lowest BCUT2D eigenvalue weighted by atomic mass is 10.1. The Morgan fingerprint density at radius 3 is 2.53 bits per heavy atom. The minimum Gasteiger partial charge on any atom is -0.400 e. The second-order valence-corrected chi connectivity index (χ2v) is 7.94. The molecule has 0 saturated heterocycles. The normalized spacial score (nSPS) is 13.6. The second-order valence-electron chi connectivity index (χ2n) is 7.09. The van der Waals surface area contributed by atoms with Gasteiger partial charge in [-0.2, -0.15) is 0 Å². The number of benzene rings is 2. The summed E-state index contributed by atoms with van der Waals surface area (Å²) in [4.78, 5) is 34.8. The van der Waals surface area contributed by atoms with Gasteiger partial charge < -0.3 is 20.3 Å². The molecule has 0 spiro atoms. The second kappa shape index (κ2) is 10.6. The largest absolute Gasteiger partial charge is 0.400 e. The maximum atomic E-state index is 12.8. The zero-order valence-electron chi connectivity index (χ0n) is 17.7. The number of hydrogen-bond donors (Lipinski definition) is 3. The first-order valence-corrected chi connectivity index (χ1v) is 10.9. The fraction of sp³-hybridized carbons (Fsp3) is 0.261. The number of amides is 2. The van der Waals surface area contributed by atoms with E-state index < -0.39 is 0 Å². The van der Waals surface area contributed by atoms with E-state index in [2.05, 4.69) is 15.3 Å². The minimum absolute atomic E-state index is 0.149. The molecule has 2 aromatic carbocycles. The summed E-state index contributed by atoms with van der Waals surface area (Å²) >= 11 is 12.4. The molecule has 3 aromatic rings. The number of rotatable bonds is 5. The Hall–Kier alpha value is -2.87. The van der Waals surface area contributed by atoms with E-state index in [1.807, 2.05) is 25.1 Å². The third-order valence-electron chi connectivity index (χ3n) is 5.07. The van der Waals surface area contributed by atoms with Crippen LogP contribution in [-0.4, -0.2) is 52.0 Å². The van der Waals surface area contributed by atoms with Crippen LogP contribution in [0.4, 0.5) is 0 Å². The van der Waals surface area contributed by atoms with Gasteiger partial charge in [-0.05, 0) is 42.8 Å². The van der Waals surface area contributed by atoms with Crippen LogP contribution >= 0.6 is 23.2 Å². The van der Waals surface area contributed by atoms with Gasteiger partial charge in [-0.25, -0.2) is 4.98 Å². The summed E-state index contributed by atoms with van der Waals surface area (Å²) in [5, 5.41) is 10.8. The lowest BCUT2D eigenvalue weighted by Gasteiger charge is -2.17. The third kappa shape index (κ3) is 5.12. The van der Waals surface area contributed by atoms with Crippen molar-refractivity contribution in [1.82, 2.24) is 20.2 Å². The zero-order chi connectivity index (χ0) is 23.3. The van der Waals surface area contributed by atoms with E-state index in [4.69, 9.17) is 28.3 Å². The Balaban J connectivity index is 0.00000141. The van der Waals surface area contributed by atoms with Crippen molar-refractivity contribution < 1.29 is 14.7 Å². The monoisotopic (exact) mass is 474 g/mol. The molecular weight excluding hydrogens is 451 g/mol. The highest BCUT2D eigenvalue weighted by Crippen LogP contribution is 2.24. The highest BCUT2D eigenvalue weighted by Gasteiger charge is 2.22. The third-order valence-corrected chi connectivity index (χ3v) is 5.62. The molecule has 0 radical (unpaired) electrons. The molecule has 2 heterocycles. The van der Waals surface area contributed by atoms with E-state index in [-0.39, 0.29) is 22.9 Å². The Morgan fingerprint density at radius 1 is 1.16 bits per heavy atom. The van der Waals surface area contributed by atoms with Gasteiger partial charge in [0.05, 0.1) is 27.7 Å². The van der Waals surface area contributed by atoms with Gasteiger partial charge in [-0.3, -0.25) is 9.59 Å². The molecule has 1 aromatic heterocycles. The van der Waals surface area contributed by atoms with Gasteiger partial charge in [0.2, 0.25) is 0 Å². The number of hydrogen-bond acceptors (Lipinski definition) is 4. The summed E-state index contributed by atoms with van der Waals surface area (Å²) in [6, 6.07) is 9.84. The average Bonchev–Trinajstić information content (AvgIpc) is 3.48. The molecular formula is C23H24Cl2N4O3. The van der Waals surface area contributed by atoms with Gasteiger partial charge in [-0.15, -0.1) is 0 Å². The van der Waals surface area contributed by atoms with Crippen LogP contribution in [0.15, 0.2) is 48.6 Å². The number of aliphatic hydroxyl groups is 1. The van der Waals surface area contributed by atoms with Crippen molar-refractivity contribution in [3.63, 3.8) is 0 Å². The van der Waals surface area contributed by atoms with Crippen LogP contribution in [0.3, 0.4) is 0 Å². The number of H-pyrrole nitrogens is 1. The number of aromatic nitrogens is 2. The minimum atomic E-state index is -0.306. The topological polar surface area (TPSA) is 98.3 Å². The van der Waals surface area contributed by atoms with Crippen LogP contribution in [0.1, 0.15) is 45.9 Å². The van der Waals surface area contributed by atoms with Crippen LogP contribution in [-0.2, 0) is 0 Å². The fourth-order valence-electron chi connectivity index (χ4n) is 3.42. The smallest absolute Gasteiger partial charge is 0.255 e. The predicted molar refractivity (Wildman–Crippen MR) is 126 cm³/mol. The Morgan fingerprint density at radius 2 is 1.88 bits per heavy atom. The van der Waals surface area contributed by atoms with Crippen LogP contribution in [0.5, 0.6) is 0 Å². The first-order chi connectivity index (χ1) is 15.5. The van der Waals surface area contributed by atoms with E-state index in [9.17, 15) is 9.59 Å². The van der Waals surface area contributed by atoms with Crippen molar-refractivity contribution in [3.05, 3.63) is 75.5 Å². The maximum Gasteiger partial charge on any atom is 0.255 e. The Labute approximate surface area is 196 Å². The van der Waals surface area contributed by atoms with Gasteiger partial charge in [-0.1, -0.05) is 42.3 Å². The summed E-state index contributed by atoms with van der Waals surface area (Å²) < 4.78 is 0. The molecule has 168 valence electrons. The van der Waals surface area contributed by atoms with Crippen LogP contribution < -0.4 is 5.32 Å². The molecule has 0 bridgehead atoms. The number of fused-ring (bicyclic) bond motifs is 1. The molecule has 0 fully saturated rings. The van der Waals surface area contributed by atoms with Crippen LogP contribution in [0.2, 0.25) is 10.0 Å². The van der Waals surface area contributed by atoms with E-state index in [1.165, 1.54) is 6.07 Å². The molecule has 1 aliphatic rings. The van der Waals surface area contributed by atoms with Crippen molar-refractivity contribution in [3.8, 4) is 0 Å². The van der Waals surface area contributed by atoms with Gasteiger partial charge >= 0.3 is 0 Å². The Bertz CT molecular complexity index is 1150. The highest BCUT2D eigenvalue weighted by molar-refractivity contribution is 6.34. The molecule has 1 aliphatic heterocycles. The first-order valence-electron chi connectivity index (χ1n) is 10.1. The number of nitrogens with zero attached hydrogens (tertiary/aromatic N) is 2. The summed E-state index contributed by atoms with van der Waals surface area (Å²) in [5.41, 5.74) is 2.36. The number of aliphatic hydroxyl groups excluding tert-OH is 1. The molecule has 0 saturated carbocycles. The van der Waals surface area contributed by atoms with Crippen LogP contribution in [0.25, 0.3) is 11.0 Å². The molecule has 3 N–H and O–H groups in total. The molecule has 32 heavy (non-hydrogen) atoms. The quantitative estimate of drug-likeness (QED) is 0.478. The standard InChI is InChI=1S/C22H20Cl2N4O2.CH4O/c1-2-17(20-25-18-8-6-14(23)12-19(18)26-20)27-21(29)13-5-7-15(16(24)11-13)22(30)28-9-3-4-10-28;1-2/h3-8,11-12,17H,2,9-10H2,1H3,(H,25,26)(H,27,29);2H,1H3. The number of halogens is 2. The average molecular weight is 475 g/mol. The summed E-state index contributed by atoms with van der Waals surface area (Å²) in [7, 11) is 1.00. The molecule has 4 rings (SSSR count). The van der Waals surface area contributed by atoms with Crippen molar-refractivity contribution in [2.24, 2.45) is 0 Å². The van der Waals surface area contributed by atoms with E-state index in [0.29, 0.717) is 41.5 Å². The first kappa shape index (κ1) is 23.8. The van der Waals surface area contributed by atoms with Crippen molar-refractivity contribution >= 4 is 46.0 Å². The molecule has 2 amide bonds. The van der Waals surface area contributed by atoms with E-state index in [1.54, 1.807) is 29.2 Å². The molecule has 9 heteroatoms.